The number of hydrogen-bond acceptors (Lipinski definition) is 5. The Labute approximate surface area is 174 Å². The summed E-state index contributed by atoms with van der Waals surface area (Å²) in [5.41, 5.74) is 0. The fourth-order valence-electron chi connectivity index (χ4n) is 4.29. The molecule has 1 aliphatic rings. The SMILES string of the molecule is COC1C(O)[C@H](OC)O[C@@H]1CO[Si](c1ccccc1)(c1ccccc1)C(C)(C)C. The van der Waals surface area contributed by atoms with E-state index in [9.17, 15) is 5.11 Å². The molecule has 0 aromatic heterocycles. The molecular formula is C23H32O5Si. The number of hydrogen-bond donors (Lipinski definition) is 1. The maximum atomic E-state index is 10.4. The summed E-state index contributed by atoms with van der Waals surface area (Å²) in [5.74, 6) is 0. The van der Waals surface area contributed by atoms with Crippen LogP contribution in [0.4, 0.5) is 0 Å². The lowest BCUT2D eigenvalue weighted by Crippen LogP contribution is -2.67. The topological polar surface area (TPSA) is 57.2 Å². The van der Waals surface area contributed by atoms with Gasteiger partial charge >= 0.3 is 0 Å². The third-order valence-corrected chi connectivity index (χ3v) is 10.7. The van der Waals surface area contributed by atoms with E-state index in [-0.39, 0.29) is 5.04 Å². The molecule has 0 bridgehead atoms. The average molecular weight is 417 g/mol. The van der Waals surface area contributed by atoms with E-state index in [0.717, 1.165) is 0 Å². The van der Waals surface area contributed by atoms with Crippen molar-refractivity contribution in [3.8, 4) is 0 Å². The Bertz CT molecular complexity index is 722. The summed E-state index contributed by atoms with van der Waals surface area (Å²) >= 11 is 0. The average Bonchev–Trinajstić information content (AvgIpc) is 3.03. The quantitative estimate of drug-likeness (QED) is 0.702. The molecule has 2 unspecified atom stereocenters. The summed E-state index contributed by atoms with van der Waals surface area (Å²) in [6.07, 6.45) is -2.48. The molecule has 1 saturated heterocycles. The Morgan fingerprint density at radius 3 is 1.83 bits per heavy atom. The smallest absolute Gasteiger partial charge is 0.261 e. The molecule has 3 rings (SSSR count). The second kappa shape index (κ2) is 9.08. The van der Waals surface area contributed by atoms with E-state index in [1.807, 2.05) is 12.1 Å². The molecule has 0 radical (unpaired) electrons. The Morgan fingerprint density at radius 2 is 1.41 bits per heavy atom. The number of benzene rings is 2. The van der Waals surface area contributed by atoms with Crippen molar-refractivity contribution >= 4 is 18.7 Å². The molecule has 6 heteroatoms. The van der Waals surface area contributed by atoms with Crippen LogP contribution in [0.5, 0.6) is 0 Å². The monoisotopic (exact) mass is 416 g/mol. The Kier molecular flexibility index (Phi) is 6.93. The molecule has 0 saturated carbocycles. The second-order valence-corrected chi connectivity index (χ2v) is 12.7. The van der Waals surface area contributed by atoms with Gasteiger partial charge in [-0.05, 0) is 15.4 Å². The van der Waals surface area contributed by atoms with Crippen LogP contribution in [0, 0.1) is 0 Å². The minimum Gasteiger partial charge on any atom is -0.405 e. The third kappa shape index (κ3) is 4.19. The molecule has 29 heavy (non-hydrogen) atoms. The molecule has 1 fully saturated rings. The standard InChI is InChI=1S/C23H32O5Si/c1-23(2,3)29(17-12-8-6-9-13-17,18-14-10-7-11-15-18)27-16-19-21(25-4)20(24)22(26-5)28-19/h6-15,19-22,24H,16H2,1-5H3/t19-,20?,21?,22-/m1/s1. The van der Waals surface area contributed by atoms with Crippen molar-refractivity contribution in [2.75, 3.05) is 20.8 Å². The predicted molar refractivity (Wildman–Crippen MR) is 116 cm³/mol. The predicted octanol–water partition coefficient (Wildman–Crippen LogP) is 2.31. The second-order valence-electron chi connectivity index (χ2n) is 8.44. The van der Waals surface area contributed by atoms with E-state index >= 15 is 0 Å². The molecule has 1 N–H and O–H groups in total. The van der Waals surface area contributed by atoms with Crippen molar-refractivity contribution in [2.45, 2.75) is 50.4 Å². The van der Waals surface area contributed by atoms with Crippen molar-refractivity contribution in [2.24, 2.45) is 0 Å². The molecule has 0 aliphatic carbocycles. The maximum Gasteiger partial charge on any atom is 0.261 e. The number of rotatable bonds is 7. The summed E-state index contributed by atoms with van der Waals surface area (Å²) in [6.45, 7) is 7.00. The zero-order valence-corrected chi connectivity index (χ0v) is 18.9. The van der Waals surface area contributed by atoms with Crippen molar-refractivity contribution in [1.82, 2.24) is 0 Å². The van der Waals surface area contributed by atoms with Crippen LogP contribution in [0.3, 0.4) is 0 Å². The fourth-order valence-corrected chi connectivity index (χ4v) is 8.86. The van der Waals surface area contributed by atoms with Gasteiger partial charge in [-0.3, -0.25) is 0 Å². The summed E-state index contributed by atoms with van der Waals surface area (Å²) in [5, 5.41) is 12.7. The molecule has 1 aliphatic heterocycles. The molecular weight excluding hydrogens is 384 g/mol. The van der Waals surface area contributed by atoms with Gasteiger partial charge in [-0.25, -0.2) is 0 Å². The van der Waals surface area contributed by atoms with E-state index in [1.54, 1.807) is 7.11 Å². The lowest BCUT2D eigenvalue weighted by atomic mass is 10.1. The first-order chi connectivity index (χ1) is 13.8. The van der Waals surface area contributed by atoms with Gasteiger partial charge in [0.1, 0.15) is 18.3 Å². The van der Waals surface area contributed by atoms with Crippen molar-refractivity contribution < 1.29 is 23.7 Å². The van der Waals surface area contributed by atoms with Gasteiger partial charge in [0.2, 0.25) is 0 Å². The van der Waals surface area contributed by atoms with Gasteiger partial charge in [0.25, 0.3) is 8.32 Å². The highest BCUT2D eigenvalue weighted by Gasteiger charge is 2.52. The van der Waals surface area contributed by atoms with Crippen LogP contribution in [0.15, 0.2) is 60.7 Å². The van der Waals surface area contributed by atoms with Gasteiger partial charge in [0.15, 0.2) is 6.29 Å². The van der Waals surface area contributed by atoms with Crippen LogP contribution in [0.25, 0.3) is 0 Å². The summed E-state index contributed by atoms with van der Waals surface area (Å²) in [6, 6.07) is 20.9. The van der Waals surface area contributed by atoms with Gasteiger partial charge in [-0.1, -0.05) is 81.4 Å². The van der Waals surface area contributed by atoms with Gasteiger partial charge in [-0.2, -0.15) is 0 Å². The van der Waals surface area contributed by atoms with Crippen LogP contribution < -0.4 is 10.4 Å². The van der Waals surface area contributed by atoms with Gasteiger partial charge in [-0.15, -0.1) is 0 Å². The van der Waals surface area contributed by atoms with E-state index in [1.165, 1.54) is 17.5 Å². The van der Waals surface area contributed by atoms with E-state index < -0.39 is 32.9 Å². The first kappa shape index (κ1) is 22.1. The van der Waals surface area contributed by atoms with Crippen molar-refractivity contribution in [3.05, 3.63) is 60.7 Å². The molecule has 1 heterocycles. The Balaban J connectivity index is 2.00. The number of aliphatic hydroxyl groups is 1. The molecule has 158 valence electrons. The van der Waals surface area contributed by atoms with Crippen molar-refractivity contribution in [3.63, 3.8) is 0 Å². The lowest BCUT2D eigenvalue weighted by molar-refractivity contribution is -0.152. The zero-order chi connectivity index (χ0) is 21.1. The van der Waals surface area contributed by atoms with Gasteiger partial charge < -0.3 is 23.7 Å². The third-order valence-electron chi connectivity index (χ3n) is 5.68. The largest absolute Gasteiger partial charge is 0.405 e. The number of ether oxygens (including phenoxy) is 3. The minimum atomic E-state index is -2.67. The lowest BCUT2D eigenvalue weighted by Gasteiger charge is -2.43. The molecule has 4 atom stereocenters. The minimum absolute atomic E-state index is 0.129. The Hall–Kier alpha value is -1.54. The maximum absolute atomic E-state index is 10.4. The highest BCUT2D eigenvalue weighted by Crippen LogP contribution is 2.37. The van der Waals surface area contributed by atoms with Crippen LogP contribution in [0.2, 0.25) is 5.04 Å². The van der Waals surface area contributed by atoms with E-state index in [2.05, 4.69) is 69.3 Å². The van der Waals surface area contributed by atoms with E-state index in [4.69, 9.17) is 18.6 Å². The van der Waals surface area contributed by atoms with Crippen LogP contribution in [-0.2, 0) is 18.6 Å². The highest BCUT2D eigenvalue weighted by atomic mass is 28.4. The summed E-state index contributed by atoms with van der Waals surface area (Å²) < 4.78 is 23.6. The fraction of sp³-hybridized carbons (Fsp3) is 0.478. The van der Waals surface area contributed by atoms with Crippen molar-refractivity contribution in [1.29, 1.82) is 0 Å². The number of methoxy groups -OCH3 is 2. The zero-order valence-electron chi connectivity index (χ0n) is 17.9. The van der Waals surface area contributed by atoms with Crippen LogP contribution >= 0.6 is 0 Å². The van der Waals surface area contributed by atoms with Gasteiger partial charge in [0, 0.05) is 14.2 Å². The van der Waals surface area contributed by atoms with Crippen LogP contribution in [-0.4, -0.2) is 58.9 Å². The van der Waals surface area contributed by atoms with Crippen LogP contribution in [0.1, 0.15) is 20.8 Å². The highest BCUT2D eigenvalue weighted by molar-refractivity contribution is 6.99. The summed E-state index contributed by atoms with van der Waals surface area (Å²) in [7, 11) is 0.423. The van der Waals surface area contributed by atoms with Gasteiger partial charge in [0.05, 0.1) is 6.61 Å². The molecule has 0 amide bonds. The molecule has 5 nitrogen and oxygen atoms in total. The number of aliphatic hydroxyl groups excluding tert-OH is 1. The normalized spacial score (nSPS) is 25.3. The molecule has 0 spiro atoms. The Morgan fingerprint density at radius 1 is 0.897 bits per heavy atom. The molecule has 2 aromatic rings. The van der Waals surface area contributed by atoms with E-state index in [0.29, 0.717) is 6.61 Å². The first-order valence-corrected chi connectivity index (χ1v) is 11.9. The summed E-state index contributed by atoms with van der Waals surface area (Å²) in [4.78, 5) is 0. The first-order valence-electron chi connectivity index (χ1n) is 9.99. The molecule has 2 aromatic carbocycles.